The lowest BCUT2D eigenvalue weighted by molar-refractivity contribution is 0.483. The summed E-state index contributed by atoms with van der Waals surface area (Å²) in [7, 11) is -4.06. The predicted molar refractivity (Wildman–Crippen MR) is 48.9 cm³/mol. The third-order valence-electron chi connectivity index (χ3n) is 1.35. The monoisotopic (exact) mass is 250 g/mol. The molecule has 0 spiro atoms. The predicted octanol–water partition coefficient (Wildman–Crippen LogP) is 1.83. The smallest absolute Gasteiger partial charge is 0.282 e. The number of hydrogen-bond acceptors (Lipinski definition) is 2. The zero-order valence-corrected chi connectivity index (χ0v) is 8.47. The molecule has 0 bridgehead atoms. The molecule has 0 aliphatic carbocycles. The van der Waals surface area contributed by atoms with Gasteiger partial charge < -0.3 is 0 Å². The van der Waals surface area contributed by atoms with Gasteiger partial charge in [-0.2, -0.15) is 8.42 Å². The summed E-state index contributed by atoms with van der Waals surface area (Å²) >= 11 is 3.18. The molecule has 0 amide bonds. The Morgan fingerprint density at radius 2 is 2.08 bits per heavy atom. The SMILES string of the molecule is O=S(=O)(O)c1cccc(CBr)c1. The van der Waals surface area contributed by atoms with Crippen LogP contribution in [0.4, 0.5) is 0 Å². The largest absolute Gasteiger partial charge is 0.294 e. The van der Waals surface area contributed by atoms with Crippen molar-refractivity contribution >= 4 is 26.0 Å². The van der Waals surface area contributed by atoms with Crippen molar-refractivity contribution in [2.24, 2.45) is 0 Å². The van der Waals surface area contributed by atoms with Crippen molar-refractivity contribution in [3.8, 4) is 0 Å². The minimum atomic E-state index is -4.06. The highest BCUT2D eigenvalue weighted by Gasteiger charge is 2.08. The van der Waals surface area contributed by atoms with Gasteiger partial charge in [-0.15, -0.1) is 0 Å². The molecular formula is C7H7BrO3S. The fraction of sp³-hybridized carbons (Fsp3) is 0.143. The topological polar surface area (TPSA) is 54.4 Å². The van der Waals surface area contributed by atoms with E-state index >= 15 is 0 Å². The van der Waals surface area contributed by atoms with Crippen molar-refractivity contribution in [2.45, 2.75) is 10.2 Å². The minimum absolute atomic E-state index is 0.0700. The summed E-state index contributed by atoms with van der Waals surface area (Å²) in [6.45, 7) is 0. The van der Waals surface area contributed by atoms with Gasteiger partial charge in [0.05, 0.1) is 4.90 Å². The molecule has 1 N–H and O–H groups in total. The second kappa shape index (κ2) is 3.55. The number of rotatable bonds is 2. The van der Waals surface area contributed by atoms with Gasteiger partial charge in [-0.25, -0.2) is 0 Å². The summed E-state index contributed by atoms with van der Waals surface area (Å²) in [4.78, 5) is -0.0700. The molecule has 0 saturated carbocycles. The van der Waals surface area contributed by atoms with Crippen LogP contribution in [0.3, 0.4) is 0 Å². The second-order valence-corrected chi connectivity index (χ2v) is 4.24. The van der Waals surface area contributed by atoms with Crippen LogP contribution in [0.1, 0.15) is 5.56 Å². The second-order valence-electron chi connectivity index (χ2n) is 2.26. The fourth-order valence-corrected chi connectivity index (χ4v) is 1.69. The summed E-state index contributed by atoms with van der Waals surface area (Å²) in [6.07, 6.45) is 0. The summed E-state index contributed by atoms with van der Waals surface area (Å²) in [5.41, 5.74) is 0.810. The van der Waals surface area contributed by atoms with Gasteiger partial charge in [-0.3, -0.25) is 4.55 Å². The summed E-state index contributed by atoms with van der Waals surface area (Å²) < 4.78 is 29.9. The van der Waals surface area contributed by atoms with Gasteiger partial charge in [0.2, 0.25) is 0 Å². The van der Waals surface area contributed by atoms with E-state index in [1.807, 2.05) is 0 Å². The van der Waals surface area contributed by atoms with E-state index in [-0.39, 0.29) is 4.90 Å². The van der Waals surface area contributed by atoms with Crippen LogP contribution in [0.2, 0.25) is 0 Å². The Labute approximate surface area is 79.3 Å². The minimum Gasteiger partial charge on any atom is -0.282 e. The molecule has 0 aliphatic heterocycles. The summed E-state index contributed by atoms with van der Waals surface area (Å²) in [6, 6.07) is 6.12. The molecule has 0 radical (unpaired) electrons. The molecule has 0 atom stereocenters. The molecule has 3 nitrogen and oxygen atoms in total. The standard InChI is InChI=1S/C7H7BrO3S/c8-5-6-2-1-3-7(4-6)12(9,10)11/h1-4H,5H2,(H,9,10,11). The highest BCUT2D eigenvalue weighted by Crippen LogP contribution is 2.12. The van der Waals surface area contributed by atoms with Gasteiger partial charge >= 0.3 is 0 Å². The van der Waals surface area contributed by atoms with Crippen LogP contribution in [-0.2, 0) is 15.4 Å². The molecule has 66 valence electrons. The number of benzene rings is 1. The van der Waals surface area contributed by atoms with Crippen LogP contribution in [-0.4, -0.2) is 13.0 Å². The lowest BCUT2D eigenvalue weighted by Crippen LogP contribution is -1.97. The third-order valence-corrected chi connectivity index (χ3v) is 2.85. The van der Waals surface area contributed by atoms with E-state index in [1.165, 1.54) is 12.1 Å². The van der Waals surface area contributed by atoms with E-state index in [4.69, 9.17) is 4.55 Å². The van der Waals surface area contributed by atoms with Crippen molar-refractivity contribution in [3.63, 3.8) is 0 Å². The van der Waals surface area contributed by atoms with E-state index in [9.17, 15) is 8.42 Å². The maximum absolute atomic E-state index is 10.6. The van der Waals surface area contributed by atoms with Crippen molar-refractivity contribution in [3.05, 3.63) is 29.8 Å². The Bertz CT molecular complexity index is 372. The van der Waals surface area contributed by atoms with Gasteiger partial charge in [-0.1, -0.05) is 28.1 Å². The molecule has 0 heterocycles. The van der Waals surface area contributed by atoms with E-state index in [2.05, 4.69) is 15.9 Å². The first-order valence-corrected chi connectivity index (χ1v) is 5.72. The highest BCUT2D eigenvalue weighted by molar-refractivity contribution is 9.08. The van der Waals surface area contributed by atoms with Crippen LogP contribution in [0.5, 0.6) is 0 Å². The normalized spacial score (nSPS) is 11.5. The van der Waals surface area contributed by atoms with Crippen LogP contribution in [0.15, 0.2) is 29.2 Å². The summed E-state index contributed by atoms with van der Waals surface area (Å²) in [5, 5.41) is 0.566. The van der Waals surface area contributed by atoms with Crippen molar-refractivity contribution in [2.75, 3.05) is 0 Å². The molecule has 12 heavy (non-hydrogen) atoms. The van der Waals surface area contributed by atoms with Gasteiger partial charge in [0.1, 0.15) is 0 Å². The van der Waals surface area contributed by atoms with Crippen LogP contribution in [0, 0.1) is 0 Å². The number of hydrogen-bond donors (Lipinski definition) is 1. The molecule has 0 unspecified atom stereocenters. The molecule has 1 aromatic rings. The molecule has 5 heteroatoms. The Morgan fingerprint density at radius 1 is 1.42 bits per heavy atom. The average molecular weight is 251 g/mol. The Kier molecular flexibility index (Phi) is 2.87. The zero-order chi connectivity index (χ0) is 9.19. The van der Waals surface area contributed by atoms with Gasteiger partial charge in [0.25, 0.3) is 10.1 Å². The van der Waals surface area contributed by atoms with Crippen LogP contribution < -0.4 is 0 Å². The average Bonchev–Trinajstić information content (AvgIpc) is 2.03. The first kappa shape index (κ1) is 9.70. The van der Waals surface area contributed by atoms with Gasteiger partial charge in [0.15, 0.2) is 0 Å². The Morgan fingerprint density at radius 3 is 2.58 bits per heavy atom. The van der Waals surface area contributed by atoms with Crippen LogP contribution in [0.25, 0.3) is 0 Å². The highest BCUT2D eigenvalue weighted by atomic mass is 79.9. The third kappa shape index (κ3) is 2.30. The molecule has 0 aromatic heterocycles. The van der Waals surface area contributed by atoms with E-state index < -0.39 is 10.1 Å². The molecule has 0 saturated heterocycles. The molecule has 0 fully saturated rings. The van der Waals surface area contributed by atoms with E-state index in [1.54, 1.807) is 12.1 Å². The van der Waals surface area contributed by atoms with Crippen molar-refractivity contribution in [1.82, 2.24) is 0 Å². The van der Waals surface area contributed by atoms with Crippen molar-refractivity contribution in [1.29, 1.82) is 0 Å². The van der Waals surface area contributed by atoms with E-state index in [0.29, 0.717) is 5.33 Å². The lowest BCUT2D eigenvalue weighted by Gasteiger charge is -1.98. The molecule has 1 rings (SSSR count). The maximum atomic E-state index is 10.6. The Balaban J connectivity index is 3.20. The number of halogens is 1. The van der Waals surface area contributed by atoms with Gasteiger partial charge in [-0.05, 0) is 17.7 Å². The Hall–Kier alpha value is -0.390. The fourth-order valence-electron chi connectivity index (χ4n) is 0.789. The lowest BCUT2D eigenvalue weighted by atomic mass is 10.2. The molecular weight excluding hydrogens is 244 g/mol. The zero-order valence-electron chi connectivity index (χ0n) is 6.07. The maximum Gasteiger partial charge on any atom is 0.294 e. The molecule has 1 aromatic carbocycles. The first-order chi connectivity index (χ1) is 5.54. The van der Waals surface area contributed by atoms with Gasteiger partial charge in [0, 0.05) is 5.33 Å². The summed E-state index contributed by atoms with van der Waals surface area (Å²) in [5.74, 6) is 0. The first-order valence-electron chi connectivity index (χ1n) is 3.16. The van der Waals surface area contributed by atoms with Crippen molar-refractivity contribution < 1.29 is 13.0 Å². The van der Waals surface area contributed by atoms with E-state index in [0.717, 1.165) is 5.56 Å². The number of alkyl halides is 1. The molecule has 0 aliphatic rings. The quantitative estimate of drug-likeness (QED) is 0.644. The van der Waals surface area contributed by atoms with Crippen LogP contribution >= 0.6 is 15.9 Å².